The third-order valence-electron chi connectivity index (χ3n) is 3.10. The first-order valence-electron chi connectivity index (χ1n) is 6.07. The van der Waals surface area contributed by atoms with Gasteiger partial charge in [0.05, 0.1) is 6.04 Å². The molecule has 0 spiro atoms. The summed E-state index contributed by atoms with van der Waals surface area (Å²) in [5.41, 5.74) is 1.50. The third kappa shape index (κ3) is 2.13. The van der Waals surface area contributed by atoms with Crippen molar-refractivity contribution in [2.75, 3.05) is 6.54 Å². The molecule has 5 heteroatoms. The molecule has 1 aromatic heterocycles. The van der Waals surface area contributed by atoms with Crippen LogP contribution in [0.15, 0.2) is 22.7 Å². The molecule has 3 rings (SSSR count). The van der Waals surface area contributed by atoms with Gasteiger partial charge in [0.15, 0.2) is 0 Å². The largest absolute Gasteiger partial charge is 0.337 e. The number of benzene rings is 1. The molecular weight excluding hydrogens is 233 g/mol. The van der Waals surface area contributed by atoms with E-state index in [-0.39, 0.29) is 11.9 Å². The molecule has 0 saturated carbocycles. The zero-order valence-corrected chi connectivity index (χ0v) is 10.1. The highest BCUT2D eigenvalue weighted by Gasteiger charge is 2.22. The lowest BCUT2D eigenvalue weighted by Crippen LogP contribution is -2.12. The van der Waals surface area contributed by atoms with E-state index in [1.165, 1.54) is 12.1 Å². The number of halogens is 1. The average molecular weight is 247 g/mol. The van der Waals surface area contributed by atoms with Crippen LogP contribution in [-0.4, -0.2) is 16.7 Å². The summed E-state index contributed by atoms with van der Waals surface area (Å²) in [5, 5.41) is 7.21. The van der Waals surface area contributed by atoms with Crippen LogP contribution < -0.4 is 5.32 Å². The van der Waals surface area contributed by atoms with Crippen molar-refractivity contribution in [3.05, 3.63) is 35.5 Å². The second kappa shape index (κ2) is 4.49. The predicted octanol–water partition coefficient (Wildman–Crippen LogP) is 2.61. The van der Waals surface area contributed by atoms with Crippen molar-refractivity contribution in [3.63, 3.8) is 0 Å². The Morgan fingerprint density at radius 3 is 3.00 bits per heavy atom. The Bertz CT molecular complexity index is 541. The molecule has 0 aliphatic carbocycles. The molecule has 94 valence electrons. The van der Waals surface area contributed by atoms with E-state index >= 15 is 0 Å². The smallest absolute Gasteiger partial charge is 0.244 e. The molecule has 0 bridgehead atoms. The topological polar surface area (TPSA) is 51.0 Å². The molecule has 18 heavy (non-hydrogen) atoms. The fourth-order valence-corrected chi connectivity index (χ4v) is 2.25. The highest BCUT2D eigenvalue weighted by atomic mass is 19.1. The summed E-state index contributed by atoms with van der Waals surface area (Å²) in [6.07, 6.45) is 2.12. The Morgan fingerprint density at radius 1 is 1.39 bits per heavy atom. The molecule has 0 radical (unpaired) electrons. The molecule has 1 aliphatic heterocycles. The van der Waals surface area contributed by atoms with Crippen molar-refractivity contribution in [3.8, 4) is 11.4 Å². The standard InChI is InChI=1S/C13H14FN3O/c1-8-5-9(7-10(14)6-8)12-16-13(18-17-12)11-3-2-4-15-11/h5-7,11,15H,2-4H2,1H3. The molecule has 1 aromatic carbocycles. The first-order valence-corrected chi connectivity index (χ1v) is 6.07. The number of nitrogens with zero attached hydrogens (tertiary/aromatic N) is 2. The van der Waals surface area contributed by atoms with E-state index in [4.69, 9.17) is 4.52 Å². The van der Waals surface area contributed by atoms with Crippen LogP contribution in [0.1, 0.15) is 30.3 Å². The predicted molar refractivity (Wildman–Crippen MR) is 64.4 cm³/mol. The van der Waals surface area contributed by atoms with Crippen LogP contribution in [-0.2, 0) is 0 Å². The number of aryl methyl sites for hydroxylation is 1. The molecular formula is C13H14FN3O. The summed E-state index contributed by atoms with van der Waals surface area (Å²) < 4.78 is 18.6. The molecule has 1 atom stereocenters. The van der Waals surface area contributed by atoms with Crippen molar-refractivity contribution in [2.45, 2.75) is 25.8 Å². The minimum absolute atomic E-state index is 0.140. The van der Waals surface area contributed by atoms with Crippen LogP contribution in [0.2, 0.25) is 0 Å². The van der Waals surface area contributed by atoms with Gasteiger partial charge in [0, 0.05) is 5.56 Å². The summed E-state index contributed by atoms with van der Waals surface area (Å²) in [6, 6.07) is 4.88. The maximum atomic E-state index is 13.3. The number of hydrogen-bond donors (Lipinski definition) is 1. The Hall–Kier alpha value is -1.75. The lowest BCUT2D eigenvalue weighted by atomic mass is 10.1. The number of hydrogen-bond acceptors (Lipinski definition) is 4. The second-order valence-corrected chi connectivity index (χ2v) is 4.62. The summed E-state index contributed by atoms with van der Waals surface area (Å²) >= 11 is 0. The van der Waals surface area contributed by atoms with E-state index in [1.807, 2.05) is 13.0 Å². The van der Waals surface area contributed by atoms with Crippen LogP contribution in [0, 0.1) is 12.7 Å². The summed E-state index contributed by atoms with van der Waals surface area (Å²) in [6.45, 7) is 2.81. The van der Waals surface area contributed by atoms with Crippen molar-refractivity contribution in [1.29, 1.82) is 0 Å². The number of aromatic nitrogens is 2. The molecule has 0 amide bonds. The maximum absolute atomic E-state index is 13.3. The van der Waals surface area contributed by atoms with Gasteiger partial charge in [-0.3, -0.25) is 0 Å². The van der Waals surface area contributed by atoms with E-state index in [2.05, 4.69) is 15.5 Å². The summed E-state index contributed by atoms with van der Waals surface area (Å²) in [5.74, 6) is 0.751. The Kier molecular flexibility index (Phi) is 2.83. The van der Waals surface area contributed by atoms with Gasteiger partial charge in [-0.25, -0.2) is 4.39 Å². The number of rotatable bonds is 2. The van der Waals surface area contributed by atoms with E-state index in [9.17, 15) is 4.39 Å². The van der Waals surface area contributed by atoms with E-state index < -0.39 is 0 Å². The number of nitrogens with one attached hydrogen (secondary N) is 1. The van der Waals surface area contributed by atoms with Crippen molar-refractivity contribution < 1.29 is 8.91 Å². The van der Waals surface area contributed by atoms with Gasteiger partial charge in [0.25, 0.3) is 0 Å². The van der Waals surface area contributed by atoms with Gasteiger partial charge in [-0.1, -0.05) is 5.16 Å². The Balaban J connectivity index is 1.92. The van der Waals surface area contributed by atoms with Crippen LogP contribution >= 0.6 is 0 Å². The molecule has 1 aliphatic rings. The van der Waals surface area contributed by atoms with Gasteiger partial charge in [-0.05, 0) is 50.1 Å². The zero-order chi connectivity index (χ0) is 12.5. The fourth-order valence-electron chi connectivity index (χ4n) is 2.25. The lowest BCUT2D eigenvalue weighted by molar-refractivity contribution is 0.345. The normalized spacial score (nSPS) is 19.3. The van der Waals surface area contributed by atoms with E-state index in [0.717, 1.165) is 24.9 Å². The van der Waals surface area contributed by atoms with Crippen molar-refractivity contribution in [2.24, 2.45) is 0 Å². The molecule has 1 saturated heterocycles. The zero-order valence-electron chi connectivity index (χ0n) is 10.1. The quantitative estimate of drug-likeness (QED) is 0.886. The SMILES string of the molecule is Cc1cc(F)cc(-c2noc(C3CCCN3)n2)c1. The van der Waals surface area contributed by atoms with Crippen LogP contribution in [0.3, 0.4) is 0 Å². The van der Waals surface area contributed by atoms with Gasteiger partial charge in [-0.2, -0.15) is 4.98 Å². The molecule has 4 nitrogen and oxygen atoms in total. The van der Waals surface area contributed by atoms with Crippen LogP contribution in [0.5, 0.6) is 0 Å². The first kappa shape index (κ1) is 11.3. The van der Waals surface area contributed by atoms with Crippen LogP contribution in [0.25, 0.3) is 11.4 Å². The molecule has 2 heterocycles. The van der Waals surface area contributed by atoms with E-state index in [1.54, 1.807) is 0 Å². The Morgan fingerprint density at radius 2 is 2.28 bits per heavy atom. The minimum Gasteiger partial charge on any atom is -0.337 e. The monoisotopic (exact) mass is 247 g/mol. The highest BCUT2D eigenvalue weighted by molar-refractivity contribution is 5.55. The first-order chi connectivity index (χ1) is 8.72. The second-order valence-electron chi connectivity index (χ2n) is 4.62. The molecule has 1 fully saturated rings. The van der Waals surface area contributed by atoms with Crippen molar-refractivity contribution >= 4 is 0 Å². The molecule has 1 unspecified atom stereocenters. The average Bonchev–Trinajstić information content (AvgIpc) is 2.99. The maximum Gasteiger partial charge on any atom is 0.244 e. The minimum atomic E-state index is -0.282. The fraction of sp³-hybridized carbons (Fsp3) is 0.385. The Labute approximate surface area is 104 Å². The van der Waals surface area contributed by atoms with E-state index in [0.29, 0.717) is 17.3 Å². The van der Waals surface area contributed by atoms with Gasteiger partial charge >= 0.3 is 0 Å². The summed E-state index contributed by atoms with van der Waals surface area (Å²) in [4.78, 5) is 4.34. The van der Waals surface area contributed by atoms with Gasteiger partial charge in [0.2, 0.25) is 11.7 Å². The van der Waals surface area contributed by atoms with Crippen molar-refractivity contribution in [1.82, 2.24) is 15.5 Å². The van der Waals surface area contributed by atoms with Gasteiger partial charge in [0.1, 0.15) is 5.82 Å². The van der Waals surface area contributed by atoms with Gasteiger partial charge < -0.3 is 9.84 Å². The summed E-state index contributed by atoms with van der Waals surface area (Å²) in [7, 11) is 0. The van der Waals surface area contributed by atoms with Gasteiger partial charge in [-0.15, -0.1) is 0 Å². The molecule has 2 aromatic rings. The third-order valence-corrected chi connectivity index (χ3v) is 3.10. The van der Waals surface area contributed by atoms with Crippen LogP contribution in [0.4, 0.5) is 4.39 Å². The molecule has 1 N–H and O–H groups in total. The highest BCUT2D eigenvalue weighted by Crippen LogP contribution is 2.25. The lowest BCUT2D eigenvalue weighted by Gasteiger charge is -2.01.